The maximum Gasteiger partial charge on any atom is 0.0406 e. The van der Waals surface area contributed by atoms with Gasteiger partial charge in [0.05, 0.1) is 0 Å². The van der Waals surface area contributed by atoms with Gasteiger partial charge in [-0.25, -0.2) is 0 Å². The smallest absolute Gasteiger partial charge is 0.0406 e. The number of halogens is 1. The number of hydrogen-bond acceptors (Lipinski definition) is 1. The second kappa shape index (κ2) is 5.88. The van der Waals surface area contributed by atoms with Gasteiger partial charge in [0.2, 0.25) is 0 Å². The predicted octanol–water partition coefficient (Wildman–Crippen LogP) is 4.03. The third-order valence-electron chi connectivity index (χ3n) is 3.82. The molecule has 1 aromatic rings. The van der Waals surface area contributed by atoms with E-state index in [-0.39, 0.29) is 5.54 Å². The molecule has 17 heavy (non-hydrogen) atoms. The topological polar surface area (TPSA) is 12.0 Å². The molecular weight excluding hydrogens is 230 g/mol. The highest BCUT2D eigenvalue weighted by atomic mass is 35.5. The largest absolute Gasteiger partial charge is 0.306 e. The van der Waals surface area contributed by atoms with Crippen LogP contribution in [0, 0.1) is 6.92 Å². The zero-order valence-corrected chi connectivity index (χ0v) is 11.4. The highest BCUT2D eigenvalue weighted by Crippen LogP contribution is 2.29. The molecule has 1 nitrogen and oxygen atoms in total. The van der Waals surface area contributed by atoms with E-state index in [0.717, 1.165) is 12.4 Å². The lowest BCUT2D eigenvalue weighted by Crippen LogP contribution is -2.48. The standard InChI is InChI=1S/C15H22ClN/c1-13-6-5-7-14(10-13)11-17-15(12-16)8-3-2-4-9-15/h5-7,10,17H,2-4,8-9,11-12H2,1H3. The lowest BCUT2D eigenvalue weighted by Gasteiger charge is -2.36. The van der Waals surface area contributed by atoms with E-state index in [2.05, 4.69) is 36.5 Å². The van der Waals surface area contributed by atoms with E-state index in [1.54, 1.807) is 0 Å². The van der Waals surface area contributed by atoms with E-state index in [1.165, 1.54) is 43.2 Å². The van der Waals surface area contributed by atoms with Crippen LogP contribution in [0.5, 0.6) is 0 Å². The Kier molecular flexibility index (Phi) is 4.47. The molecule has 1 fully saturated rings. The Labute approximate surface area is 110 Å². The first-order valence-corrected chi connectivity index (χ1v) is 7.14. The van der Waals surface area contributed by atoms with Crippen molar-refractivity contribution in [3.63, 3.8) is 0 Å². The number of aryl methyl sites for hydroxylation is 1. The molecule has 0 heterocycles. The van der Waals surface area contributed by atoms with Crippen LogP contribution in [0.3, 0.4) is 0 Å². The Bertz CT molecular complexity index is 356. The SMILES string of the molecule is Cc1cccc(CNC2(CCl)CCCCC2)c1. The molecule has 0 atom stereocenters. The molecule has 0 amide bonds. The molecule has 2 rings (SSSR count). The summed E-state index contributed by atoms with van der Waals surface area (Å²) in [7, 11) is 0. The van der Waals surface area contributed by atoms with Crippen LogP contribution < -0.4 is 5.32 Å². The van der Waals surface area contributed by atoms with Gasteiger partial charge < -0.3 is 5.32 Å². The van der Waals surface area contributed by atoms with Crippen LogP contribution in [-0.4, -0.2) is 11.4 Å². The van der Waals surface area contributed by atoms with Gasteiger partial charge in [-0.05, 0) is 25.3 Å². The first-order valence-electron chi connectivity index (χ1n) is 6.61. The summed E-state index contributed by atoms with van der Waals surface area (Å²) in [4.78, 5) is 0. The minimum Gasteiger partial charge on any atom is -0.306 e. The fourth-order valence-electron chi connectivity index (χ4n) is 2.70. The quantitative estimate of drug-likeness (QED) is 0.797. The van der Waals surface area contributed by atoms with Gasteiger partial charge in [-0.3, -0.25) is 0 Å². The fraction of sp³-hybridized carbons (Fsp3) is 0.600. The average molecular weight is 252 g/mol. The van der Waals surface area contributed by atoms with E-state index in [4.69, 9.17) is 11.6 Å². The van der Waals surface area contributed by atoms with Gasteiger partial charge in [-0.1, -0.05) is 49.1 Å². The van der Waals surface area contributed by atoms with E-state index in [0.29, 0.717) is 0 Å². The molecule has 1 aliphatic carbocycles. The van der Waals surface area contributed by atoms with Crippen molar-refractivity contribution in [2.24, 2.45) is 0 Å². The molecule has 0 bridgehead atoms. The fourth-order valence-corrected chi connectivity index (χ4v) is 3.06. The summed E-state index contributed by atoms with van der Waals surface area (Å²) < 4.78 is 0. The molecule has 0 saturated heterocycles. The van der Waals surface area contributed by atoms with Crippen molar-refractivity contribution in [3.05, 3.63) is 35.4 Å². The Morgan fingerprint density at radius 3 is 2.65 bits per heavy atom. The van der Waals surface area contributed by atoms with Crippen LogP contribution in [-0.2, 0) is 6.54 Å². The molecule has 0 aromatic heterocycles. The Morgan fingerprint density at radius 1 is 1.24 bits per heavy atom. The summed E-state index contributed by atoms with van der Waals surface area (Å²) in [6.07, 6.45) is 6.44. The lowest BCUT2D eigenvalue weighted by atomic mass is 9.83. The van der Waals surface area contributed by atoms with E-state index < -0.39 is 0 Å². The summed E-state index contributed by atoms with van der Waals surface area (Å²) in [5.41, 5.74) is 2.87. The minimum absolute atomic E-state index is 0.184. The molecule has 1 aromatic carbocycles. The third kappa shape index (κ3) is 3.46. The molecule has 1 aliphatic rings. The summed E-state index contributed by atoms with van der Waals surface area (Å²) in [6.45, 7) is 3.08. The van der Waals surface area contributed by atoms with Crippen LogP contribution in [0.4, 0.5) is 0 Å². The van der Waals surface area contributed by atoms with Crippen LogP contribution in [0.1, 0.15) is 43.2 Å². The highest BCUT2D eigenvalue weighted by Gasteiger charge is 2.30. The van der Waals surface area contributed by atoms with Crippen molar-refractivity contribution in [3.8, 4) is 0 Å². The van der Waals surface area contributed by atoms with E-state index in [9.17, 15) is 0 Å². The van der Waals surface area contributed by atoms with Crippen LogP contribution in [0.25, 0.3) is 0 Å². The number of rotatable bonds is 4. The maximum atomic E-state index is 6.17. The van der Waals surface area contributed by atoms with Crippen molar-refractivity contribution >= 4 is 11.6 Å². The molecular formula is C15H22ClN. The number of nitrogens with one attached hydrogen (secondary N) is 1. The van der Waals surface area contributed by atoms with Crippen molar-refractivity contribution in [1.29, 1.82) is 0 Å². The van der Waals surface area contributed by atoms with E-state index >= 15 is 0 Å². The molecule has 1 saturated carbocycles. The molecule has 94 valence electrons. The minimum atomic E-state index is 0.184. The Balaban J connectivity index is 1.95. The zero-order valence-electron chi connectivity index (χ0n) is 10.6. The van der Waals surface area contributed by atoms with Gasteiger partial charge in [0.15, 0.2) is 0 Å². The molecule has 0 unspecified atom stereocenters. The summed E-state index contributed by atoms with van der Waals surface area (Å²) in [6, 6.07) is 8.70. The van der Waals surface area contributed by atoms with Crippen LogP contribution in [0.2, 0.25) is 0 Å². The first-order chi connectivity index (χ1) is 8.24. The average Bonchev–Trinajstić information content (AvgIpc) is 2.38. The van der Waals surface area contributed by atoms with Gasteiger partial charge >= 0.3 is 0 Å². The molecule has 0 radical (unpaired) electrons. The van der Waals surface area contributed by atoms with Crippen molar-refractivity contribution in [2.45, 2.75) is 51.1 Å². The molecule has 2 heteroatoms. The predicted molar refractivity (Wildman–Crippen MR) is 74.6 cm³/mol. The van der Waals surface area contributed by atoms with Crippen molar-refractivity contribution in [1.82, 2.24) is 5.32 Å². The zero-order chi connectivity index (χ0) is 12.1. The number of benzene rings is 1. The number of hydrogen-bond donors (Lipinski definition) is 1. The Hall–Kier alpha value is -0.530. The monoisotopic (exact) mass is 251 g/mol. The third-order valence-corrected chi connectivity index (χ3v) is 4.33. The van der Waals surface area contributed by atoms with Crippen molar-refractivity contribution < 1.29 is 0 Å². The molecule has 0 spiro atoms. The second-order valence-electron chi connectivity index (χ2n) is 5.32. The second-order valence-corrected chi connectivity index (χ2v) is 5.58. The summed E-state index contributed by atoms with van der Waals surface area (Å²) in [5, 5.41) is 3.70. The summed E-state index contributed by atoms with van der Waals surface area (Å²) >= 11 is 6.17. The van der Waals surface area contributed by atoms with Gasteiger partial charge in [0.25, 0.3) is 0 Å². The highest BCUT2D eigenvalue weighted by molar-refractivity contribution is 6.18. The van der Waals surface area contributed by atoms with Crippen LogP contribution in [0.15, 0.2) is 24.3 Å². The number of alkyl halides is 1. The summed E-state index contributed by atoms with van der Waals surface area (Å²) in [5.74, 6) is 0.735. The van der Waals surface area contributed by atoms with Crippen molar-refractivity contribution in [2.75, 3.05) is 5.88 Å². The van der Waals surface area contributed by atoms with Gasteiger partial charge in [-0.2, -0.15) is 0 Å². The maximum absolute atomic E-state index is 6.17. The van der Waals surface area contributed by atoms with Gasteiger partial charge in [-0.15, -0.1) is 11.6 Å². The Morgan fingerprint density at radius 2 is 2.00 bits per heavy atom. The lowest BCUT2D eigenvalue weighted by molar-refractivity contribution is 0.256. The first kappa shape index (κ1) is 12.9. The van der Waals surface area contributed by atoms with E-state index in [1.807, 2.05) is 0 Å². The molecule has 0 aliphatic heterocycles. The van der Waals surface area contributed by atoms with Gasteiger partial charge in [0.1, 0.15) is 0 Å². The van der Waals surface area contributed by atoms with Crippen LogP contribution >= 0.6 is 11.6 Å². The molecule has 1 N–H and O–H groups in total. The van der Waals surface area contributed by atoms with Gasteiger partial charge in [0, 0.05) is 18.0 Å². The normalized spacial score (nSPS) is 19.2.